The molecule has 0 saturated carbocycles. The smallest absolute Gasteiger partial charge is 0.168 e. The fourth-order valence-electron chi connectivity index (χ4n) is 3.21. The molecule has 2 aromatic rings. The van der Waals surface area contributed by atoms with Crippen molar-refractivity contribution in [2.75, 3.05) is 4.31 Å². The van der Waals surface area contributed by atoms with Crippen LogP contribution in [0.15, 0.2) is 82.9 Å². The summed E-state index contributed by atoms with van der Waals surface area (Å²) in [4.78, 5) is 13.1. The van der Waals surface area contributed by atoms with Crippen LogP contribution in [0.2, 0.25) is 0 Å². The number of carbonyl (C=O) groups excluding carboxylic acids is 1. The average molecular weight is 347 g/mol. The summed E-state index contributed by atoms with van der Waals surface area (Å²) in [7, 11) is 0. The zero-order valence-electron chi connectivity index (χ0n) is 13.6. The first-order chi connectivity index (χ1) is 12.3. The summed E-state index contributed by atoms with van der Waals surface area (Å²) in [6.07, 6.45) is 9.02. The highest BCUT2D eigenvalue weighted by Gasteiger charge is 2.29. The summed E-state index contributed by atoms with van der Waals surface area (Å²) in [5.74, 6) is 0.158. The van der Waals surface area contributed by atoms with E-state index in [1.165, 1.54) is 11.9 Å². The molecule has 0 fully saturated rings. The van der Waals surface area contributed by atoms with E-state index in [1.54, 1.807) is 12.1 Å². The van der Waals surface area contributed by atoms with Crippen molar-refractivity contribution in [1.82, 2.24) is 0 Å². The monoisotopic (exact) mass is 347 g/mol. The highest BCUT2D eigenvalue weighted by atomic mass is 32.2. The van der Waals surface area contributed by atoms with Gasteiger partial charge in [0.1, 0.15) is 11.4 Å². The second-order valence-corrected chi connectivity index (χ2v) is 6.89. The number of rotatable bonds is 3. The lowest BCUT2D eigenvalue weighted by atomic mass is 9.90. The second kappa shape index (κ2) is 6.65. The number of fused-ring (bicyclic) bond motifs is 1. The molecule has 0 bridgehead atoms. The fourth-order valence-corrected chi connectivity index (χ4v) is 4.30. The van der Waals surface area contributed by atoms with E-state index in [4.69, 9.17) is 0 Å². The molecule has 4 rings (SSSR count). The van der Waals surface area contributed by atoms with Crippen molar-refractivity contribution in [2.24, 2.45) is 0 Å². The van der Waals surface area contributed by atoms with Crippen LogP contribution in [0.3, 0.4) is 0 Å². The Hall–Kier alpha value is -2.72. The summed E-state index contributed by atoms with van der Waals surface area (Å²) >= 11 is 1.46. The van der Waals surface area contributed by atoms with E-state index in [9.17, 15) is 9.90 Å². The molecule has 0 saturated heterocycles. The fraction of sp³-hybridized carbons (Fsp3) is 0.0952. The van der Waals surface area contributed by atoms with Crippen LogP contribution in [0.1, 0.15) is 18.4 Å². The first-order valence-electron chi connectivity index (χ1n) is 8.20. The standard InChI is InChI=1S/C21H17NO2S/c23-14-18-21(15-8-2-1-3-9-15)16-10-4-7-13-20(16)25-22(18)17-11-5-6-12-19(17)24/h1-2,4-8,10-14,24H,3,9H2. The lowest BCUT2D eigenvalue weighted by Crippen LogP contribution is -2.21. The van der Waals surface area contributed by atoms with E-state index < -0.39 is 0 Å². The number of carbonyl (C=O) groups is 1. The minimum absolute atomic E-state index is 0.158. The number of anilines is 1. The third-order valence-corrected chi connectivity index (χ3v) is 5.50. The predicted octanol–water partition coefficient (Wildman–Crippen LogP) is 5.11. The van der Waals surface area contributed by atoms with Crippen LogP contribution in [0.4, 0.5) is 5.69 Å². The molecular formula is C21H17NO2S. The zero-order valence-corrected chi connectivity index (χ0v) is 14.4. The number of para-hydroxylation sites is 2. The Balaban J connectivity index is 1.96. The Morgan fingerprint density at radius 3 is 2.64 bits per heavy atom. The van der Waals surface area contributed by atoms with Crippen molar-refractivity contribution < 1.29 is 9.90 Å². The molecular weight excluding hydrogens is 330 g/mol. The largest absolute Gasteiger partial charge is 0.506 e. The number of allylic oxidation sites excluding steroid dienone is 6. The van der Waals surface area contributed by atoms with Crippen LogP contribution < -0.4 is 4.31 Å². The molecule has 2 aliphatic rings. The summed E-state index contributed by atoms with van der Waals surface area (Å²) in [6.45, 7) is 0. The number of aldehydes is 1. The molecule has 1 aliphatic heterocycles. The van der Waals surface area contributed by atoms with Gasteiger partial charge >= 0.3 is 0 Å². The van der Waals surface area contributed by atoms with Gasteiger partial charge in [-0.05, 0) is 54.1 Å². The molecule has 0 unspecified atom stereocenters. The maximum atomic E-state index is 12.1. The molecule has 124 valence electrons. The average Bonchev–Trinajstić information content (AvgIpc) is 2.67. The third kappa shape index (κ3) is 2.79. The number of phenols is 1. The van der Waals surface area contributed by atoms with Gasteiger partial charge in [0.25, 0.3) is 0 Å². The molecule has 0 radical (unpaired) electrons. The molecule has 4 heteroatoms. The minimum atomic E-state index is 0.158. The van der Waals surface area contributed by atoms with Gasteiger partial charge in [0.05, 0.1) is 5.69 Å². The Labute approximate surface area is 151 Å². The number of benzene rings is 2. The van der Waals surface area contributed by atoms with E-state index in [-0.39, 0.29) is 5.75 Å². The molecule has 2 aromatic carbocycles. The van der Waals surface area contributed by atoms with Crippen molar-refractivity contribution in [2.45, 2.75) is 17.7 Å². The summed E-state index contributed by atoms with van der Waals surface area (Å²) < 4.78 is 1.83. The van der Waals surface area contributed by atoms with Gasteiger partial charge in [-0.3, -0.25) is 9.10 Å². The summed E-state index contributed by atoms with van der Waals surface area (Å²) in [5, 5.41) is 10.3. The van der Waals surface area contributed by atoms with Gasteiger partial charge in [0, 0.05) is 10.5 Å². The number of nitrogens with zero attached hydrogens (tertiary/aromatic N) is 1. The van der Waals surface area contributed by atoms with Crippen molar-refractivity contribution in [3.05, 3.63) is 83.6 Å². The molecule has 25 heavy (non-hydrogen) atoms. The number of hydrogen-bond acceptors (Lipinski definition) is 4. The van der Waals surface area contributed by atoms with Gasteiger partial charge in [0.2, 0.25) is 0 Å². The van der Waals surface area contributed by atoms with Crippen molar-refractivity contribution in [3.63, 3.8) is 0 Å². The lowest BCUT2D eigenvalue weighted by Gasteiger charge is -2.32. The highest BCUT2D eigenvalue weighted by molar-refractivity contribution is 8.01. The quantitative estimate of drug-likeness (QED) is 0.619. The Bertz CT molecular complexity index is 927. The molecule has 1 aliphatic carbocycles. The van der Waals surface area contributed by atoms with Crippen LogP contribution in [-0.2, 0) is 4.79 Å². The second-order valence-electron chi connectivity index (χ2n) is 5.91. The van der Waals surface area contributed by atoms with Gasteiger partial charge in [0.15, 0.2) is 6.29 Å². The molecule has 0 amide bonds. The normalized spacial score (nSPS) is 16.5. The molecule has 0 spiro atoms. The Kier molecular flexibility index (Phi) is 4.20. The van der Waals surface area contributed by atoms with Crippen LogP contribution in [-0.4, -0.2) is 11.4 Å². The van der Waals surface area contributed by atoms with E-state index in [0.717, 1.165) is 40.7 Å². The zero-order chi connectivity index (χ0) is 17.2. The maximum absolute atomic E-state index is 12.1. The molecule has 3 nitrogen and oxygen atoms in total. The lowest BCUT2D eigenvalue weighted by molar-refractivity contribution is -0.104. The SMILES string of the molecule is O=CC1=C(C2=CC=CCC2)c2ccccc2SN1c1ccccc1O. The van der Waals surface area contributed by atoms with Gasteiger partial charge in [-0.1, -0.05) is 48.6 Å². The van der Waals surface area contributed by atoms with Gasteiger partial charge in [-0.25, -0.2) is 0 Å². The van der Waals surface area contributed by atoms with Gasteiger partial charge in [-0.15, -0.1) is 0 Å². The van der Waals surface area contributed by atoms with Crippen molar-refractivity contribution >= 4 is 29.5 Å². The van der Waals surface area contributed by atoms with Crippen LogP contribution in [0.5, 0.6) is 5.75 Å². The van der Waals surface area contributed by atoms with Crippen molar-refractivity contribution in [3.8, 4) is 5.75 Å². The van der Waals surface area contributed by atoms with E-state index >= 15 is 0 Å². The molecule has 1 N–H and O–H groups in total. The van der Waals surface area contributed by atoms with E-state index in [0.29, 0.717) is 11.4 Å². The maximum Gasteiger partial charge on any atom is 0.168 e. The van der Waals surface area contributed by atoms with E-state index in [2.05, 4.69) is 18.2 Å². The first kappa shape index (κ1) is 15.8. The van der Waals surface area contributed by atoms with Crippen molar-refractivity contribution in [1.29, 1.82) is 0 Å². The molecule has 0 aromatic heterocycles. The minimum Gasteiger partial charge on any atom is -0.506 e. The number of phenolic OH excluding ortho intramolecular Hbond substituents is 1. The van der Waals surface area contributed by atoms with Gasteiger partial charge < -0.3 is 5.11 Å². The summed E-state index contributed by atoms with van der Waals surface area (Å²) in [6, 6.07) is 15.2. The Morgan fingerprint density at radius 1 is 1.08 bits per heavy atom. The van der Waals surface area contributed by atoms with E-state index in [1.807, 2.05) is 40.7 Å². The van der Waals surface area contributed by atoms with Crippen LogP contribution >= 0.6 is 11.9 Å². The third-order valence-electron chi connectivity index (χ3n) is 4.37. The molecule has 1 heterocycles. The number of hydrogen-bond donors (Lipinski definition) is 1. The summed E-state index contributed by atoms with van der Waals surface area (Å²) in [5.41, 5.74) is 4.37. The predicted molar refractivity (Wildman–Crippen MR) is 102 cm³/mol. The topological polar surface area (TPSA) is 40.5 Å². The first-order valence-corrected chi connectivity index (χ1v) is 8.98. The van der Waals surface area contributed by atoms with Gasteiger partial charge in [-0.2, -0.15) is 0 Å². The Morgan fingerprint density at radius 2 is 1.88 bits per heavy atom. The highest BCUT2D eigenvalue weighted by Crippen LogP contribution is 2.48. The van der Waals surface area contributed by atoms with Crippen LogP contribution in [0.25, 0.3) is 5.57 Å². The molecule has 0 atom stereocenters. The van der Waals surface area contributed by atoms with Crippen LogP contribution in [0, 0.1) is 0 Å². The number of aromatic hydroxyl groups is 1.